The molecule has 5 atom stereocenters. The molecule has 47 heavy (non-hydrogen) atoms. The minimum absolute atomic E-state index is 0.0847. The SMILES string of the molecule is [2H]C[C@H]1O[C@@H](n2cnc3c(NC(=O)COc4ccccc4)ncnc32)[C@@H](F)C1OP(OCCCCSSC(C)(C)C)N(C(C)C)C(C)C. The highest BCUT2D eigenvalue weighted by atomic mass is 33.1. The molecule has 2 aromatic heterocycles. The Bertz CT molecular complexity index is 1430. The van der Waals surface area contributed by atoms with Crippen molar-refractivity contribution in [2.45, 2.75) is 110 Å². The highest BCUT2D eigenvalue weighted by molar-refractivity contribution is 8.77. The van der Waals surface area contributed by atoms with Crippen LogP contribution in [0, 0.1) is 0 Å². The topological polar surface area (TPSA) is 113 Å². The lowest BCUT2D eigenvalue weighted by Gasteiger charge is -2.37. The van der Waals surface area contributed by atoms with Crippen LogP contribution in [0.25, 0.3) is 11.2 Å². The number of anilines is 1. The summed E-state index contributed by atoms with van der Waals surface area (Å²) in [6, 6.07) is 9.15. The third-order valence-corrected chi connectivity index (χ3v) is 12.4. The maximum absolute atomic E-state index is 16.4. The zero-order valence-electron chi connectivity index (χ0n) is 29.2. The molecule has 1 saturated heterocycles. The lowest BCUT2D eigenvalue weighted by Crippen LogP contribution is -2.37. The van der Waals surface area contributed by atoms with E-state index in [1.807, 2.05) is 39.8 Å². The first-order valence-electron chi connectivity index (χ1n) is 16.5. The zero-order chi connectivity index (χ0) is 34.8. The van der Waals surface area contributed by atoms with Gasteiger partial charge in [0, 0.05) is 24.0 Å². The van der Waals surface area contributed by atoms with Gasteiger partial charge in [-0.1, -0.05) is 60.6 Å². The lowest BCUT2D eigenvalue weighted by molar-refractivity contribution is -0.118. The Morgan fingerprint density at radius 3 is 2.60 bits per heavy atom. The Hall–Kier alpha value is -2.06. The van der Waals surface area contributed by atoms with Crippen LogP contribution in [-0.4, -0.2) is 84.3 Å². The molecule has 1 aliphatic rings. The number of rotatable bonds is 17. The summed E-state index contributed by atoms with van der Waals surface area (Å²) < 4.78 is 52.8. The second kappa shape index (κ2) is 17.6. The van der Waals surface area contributed by atoms with Crippen LogP contribution in [0.2, 0.25) is 0 Å². The molecule has 1 amide bonds. The number of hydrogen-bond acceptors (Lipinski definition) is 11. The van der Waals surface area contributed by atoms with Gasteiger partial charge in [-0.25, -0.2) is 24.0 Å². The second-order valence-electron chi connectivity index (χ2n) is 12.6. The number of nitrogens with zero attached hydrogens (tertiary/aromatic N) is 5. The van der Waals surface area contributed by atoms with Gasteiger partial charge in [0.2, 0.25) is 0 Å². The molecule has 11 nitrogen and oxygen atoms in total. The fourth-order valence-corrected chi connectivity index (χ4v) is 9.09. The smallest absolute Gasteiger partial charge is 0.263 e. The molecule has 0 saturated carbocycles. The van der Waals surface area contributed by atoms with E-state index < -0.39 is 39.0 Å². The summed E-state index contributed by atoms with van der Waals surface area (Å²) in [5, 5.41) is 2.70. The van der Waals surface area contributed by atoms with Crippen molar-refractivity contribution in [3.8, 4) is 5.75 Å². The molecule has 1 N–H and O–H groups in total. The van der Waals surface area contributed by atoms with Crippen molar-refractivity contribution in [3.05, 3.63) is 43.0 Å². The molecule has 3 aromatic rings. The van der Waals surface area contributed by atoms with Gasteiger partial charge >= 0.3 is 0 Å². The van der Waals surface area contributed by atoms with Crippen LogP contribution in [-0.2, 0) is 18.6 Å². The molecule has 260 valence electrons. The number of para-hydroxylation sites is 1. The Morgan fingerprint density at radius 1 is 1.17 bits per heavy atom. The van der Waals surface area contributed by atoms with Gasteiger partial charge in [-0.15, -0.1) is 0 Å². The second-order valence-corrected chi connectivity index (χ2v) is 17.3. The predicted molar refractivity (Wildman–Crippen MR) is 189 cm³/mol. The van der Waals surface area contributed by atoms with Gasteiger partial charge in [0.1, 0.15) is 18.2 Å². The molecule has 1 aliphatic heterocycles. The number of nitrogens with one attached hydrogen (secondary N) is 1. The highest BCUT2D eigenvalue weighted by Gasteiger charge is 2.48. The van der Waals surface area contributed by atoms with Gasteiger partial charge in [-0.2, -0.15) is 0 Å². The number of imidazole rings is 1. The number of alkyl halides is 1. The summed E-state index contributed by atoms with van der Waals surface area (Å²) in [7, 11) is 2.08. The van der Waals surface area contributed by atoms with Crippen LogP contribution in [0.3, 0.4) is 0 Å². The summed E-state index contributed by atoms with van der Waals surface area (Å²) >= 11 is 0. The highest BCUT2D eigenvalue weighted by Crippen LogP contribution is 2.50. The first-order chi connectivity index (χ1) is 22.9. The van der Waals surface area contributed by atoms with Crippen molar-refractivity contribution in [1.82, 2.24) is 24.2 Å². The molecular formula is C32H48FN6O5PS2. The summed E-state index contributed by atoms with van der Waals surface area (Å²) in [6.45, 7) is 14.9. The first kappa shape index (κ1) is 36.2. The minimum atomic E-state index is -1.65. The average molecular weight is 712 g/mol. The largest absolute Gasteiger partial charge is 0.484 e. The first-order valence-corrected chi connectivity index (χ1v) is 19.3. The Kier molecular flexibility index (Phi) is 13.5. The Balaban J connectivity index is 1.44. The normalized spacial score (nSPS) is 21.1. The van der Waals surface area contributed by atoms with E-state index in [1.165, 1.54) is 17.2 Å². The van der Waals surface area contributed by atoms with E-state index in [0.717, 1.165) is 18.6 Å². The number of ether oxygens (including phenoxy) is 2. The fourth-order valence-electron chi connectivity index (χ4n) is 4.86. The molecule has 0 spiro atoms. The summed E-state index contributed by atoms with van der Waals surface area (Å²) in [5.41, 5.74) is 0.539. The van der Waals surface area contributed by atoms with Crippen LogP contribution >= 0.6 is 30.1 Å². The molecular weight excluding hydrogens is 662 g/mol. The number of halogens is 1. The molecule has 3 heterocycles. The van der Waals surface area contributed by atoms with E-state index in [1.54, 1.807) is 12.1 Å². The van der Waals surface area contributed by atoms with Crippen molar-refractivity contribution in [3.63, 3.8) is 0 Å². The van der Waals surface area contributed by atoms with Crippen molar-refractivity contribution < 1.29 is 29.1 Å². The summed E-state index contributed by atoms with van der Waals surface area (Å²) in [4.78, 5) is 25.5. The summed E-state index contributed by atoms with van der Waals surface area (Å²) in [6.07, 6.45) is -0.185. The molecule has 4 rings (SSSR count). The average Bonchev–Trinajstić information content (AvgIpc) is 3.60. The fraction of sp³-hybridized carbons (Fsp3) is 0.625. The van der Waals surface area contributed by atoms with Gasteiger partial charge in [-0.3, -0.25) is 9.36 Å². The number of unbranched alkanes of at least 4 members (excludes halogenated alkanes) is 1. The molecule has 0 aliphatic carbocycles. The third kappa shape index (κ3) is 10.7. The quantitative estimate of drug-likeness (QED) is 0.0841. The number of fused-ring (bicyclic) bond motifs is 1. The van der Waals surface area contributed by atoms with Crippen molar-refractivity contribution in [1.29, 1.82) is 0 Å². The minimum Gasteiger partial charge on any atom is -0.484 e. The van der Waals surface area contributed by atoms with Gasteiger partial charge < -0.3 is 23.8 Å². The van der Waals surface area contributed by atoms with E-state index >= 15 is 4.39 Å². The summed E-state index contributed by atoms with van der Waals surface area (Å²) in [5.74, 6) is 1.30. The zero-order valence-corrected chi connectivity index (χ0v) is 30.7. The maximum atomic E-state index is 16.4. The predicted octanol–water partition coefficient (Wildman–Crippen LogP) is 7.81. The number of carbonyl (C=O) groups is 1. The third-order valence-electron chi connectivity index (χ3n) is 6.86. The molecule has 0 radical (unpaired) electrons. The van der Waals surface area contributed by atoms with Gasteiger partial charge in [0.05, 0.1) is 19.0 Å². The van der Waals surface area contributed by atoms with Crippen LogP contribution < -0.4 is 10.1 Å². The van der Waals surface area contributed by atoms with Crippen LogP contribution in [0.15, 0.2) is 43.0 Å². The van der Waals surface area contributed by atoms with Gasteiger partial charge in [0.25, 0.3) is 14.4 Å². The standard InChI is InChI=1S/C32H48FN6O5PS2/c1-21(2)39(22(3)4)45(42-16-12-13-17-46-47-32(6,7)8)44-28-23(5)43-31(26(28)33)38-20-36-27-29(34-19-35-30(27)38)37-25(40)18-41-24-14-10-9-11-15-24/h9-11,14-15,19-23,26,28,31H,12-13,16-18H2,1-8H3,(H,34,35,37,40)/t23-,26+,28?,31-,45?/m1/s1/i5D. The van der Waals surface area contributed by atoms with E-state index in [0.29, 0.717) is 12.4 Å². The number of amides is 1. The van der Waals surface area contributed by atoms with Crippen molar-refractivity contribution >= 4 is 53.0 Å². The maximum Gasteiger partial charge on any atom is 0.263 e. The van der Waals surface area contributed by atoms with Crippen molar-refractivity contribution in [2.24, 2.45) is 0 Å². The molecule has 2 unspecified atom stereocenters. The number of carbonyl (C=O) groups excluding carboxylic acids is 1. The van der Waals surface area contributed by atoms with Crippen molar-refractivity contribution in [2.75, 3.05) is 24.3 Å². The van der Waals surface area contributed by atoms with Crippen LogP contribution in [0.4, 0.5) is 10.2 Å². The monoisotopic (exact) mass is 711 g/mol. The lowest BCUT2D eigenvalue weighted by atomic mass is 10.2. The van der Waals surface area contributed by atoms with Gasteiger partial charge in [0.15, 0.2) is 36.0 Å². The number of hydrogen-bond donors (Lipinski definition) is 1. The molecule has 1 aromatic carbocycles. The number of benzene rings is 1. The number of aromatic nitrogens is 4. The van der Waals surface area contributed by atoms with Crippen LogP contribution in [0.1, 0.15) is 75.8 Å². The van der Waals surface area contributed by atoms with Crippen LogP contribution in [0.5, 0.6) is 5.75 Å². The van der Waals surface area contributed by atoms with E-state index in [4.69, 9.17) is 19.9 Å². The van der Waals surface area contributed by atoms with E-state index in [-0.39, 0.29) is 47.3 Å². The molecule has 15 heteroatoms. The Morgan fingerprint density at radius 2 is 1.91 bits per heavy atom. The Labute approximate surface area is 288 Å². The van der Waals surface area contributed by atoms with Gasteiger partial charge in [-0.05, 0) is 59.6 Å². The molecule has 0 bridgehead atoms. The molecule has 1 fully saturated rings. The van der Waals surface area contributed by atoms with E-state index in [9.17, 15) is 4.79 Å². The van der Waals surface area contributed by atoms with E-state index in [2.05, 4.69) is 73.4 Å².